The van der Waals surface area contributed by atoms with Crippen LogP contribution in [0.25, 0.3) is 0 Å². The first-order valence-corrected chi connectivity index (χ1v) is 8.18. The Labute approximate surface area is 127 Å². The maximum atomic E-state index is 12.9. The lowest BCUT2D eigenvalue weighted by Gasteiger charge is -2.35. The summed E-state index contributed by atoms with van der Waals surface area (Å²) in [5, 5.41) is 9.33. The Morgan fingerprint density at radius 1 is 1.29 bits per heavy atom. The van der Waals surface area contributed by atoms with Crippen LogP contribution >= 0.6 is 11.8 Å². The van der Waals surface area contributed by atoms with Gasteiger partial charge in [0, 0.05) is 23.7 Å². The Kier molecular flexibility index (Phi) is 3.57. The van der Waals surface area contributed by atoms with E-state index in [1.807, 2.05) is 12.1 Å². The molecule has 0 spiro atoms. The minimum atomic E-state index is -0.913. The fraction of sp³-hybridized carbons (Fsp3) is 0.467. The quantitative estimate of drug-likeness (QED) is 0.823. The molecule has 1 atom stereocenters. The summed E-state index contributed by atoms with van der Waals surface area (Å²) in [7, 11) is 0. The van der Waals surface area contributed by atoms with Gasteiger partial charge in [0.2, 0.25) is 5.91 Å². The normalized spacial score (nSPS) is 23.6. The molecule has 21 heavy (non-hydrogen) atoms. The number of hydrogen-bond acceptors (Lipinski definition) is 4. The molecule has 1 saturated carbocycles. The van der Waals surface area contributed by atoms with Crippen molar-refractivity contribution in [2.45, 2.75) is 24.3 Å². The van der Waals surface area contributed by atoms with Gasteiger partial charge in [0.1, 0.15) is 6.04 Å². The molecule has 112 valence electrons. The number of nitrogens with two attached hydrogens (primary N) is 1. The number of carbonyl (C=O) groups excluding carboxylic acids is 1. The van der Waals surface area contributed by atoms with Gasteiger partial charge in [-0.25, -0.2) is 4.79 Å². The first-order chi connectivity index (χ1) is 10.0. The summed E-state index contributed by atoms with van der Waals surface area (Å²) >= 11 is 1.59. The number of rotatable bonds is 3. The van der Waals surface area contributed by atoms with Crippen LogP contribution in [-0.2, 0) is 15.0 Å². The van der Waals surface area contributed by atoms with Gasteiger partial charge >= 0.3 is 5.97 Å². The van der Waals surface area contributed by atoms with E-state index in [-0.39, 0.29) is 5.91 Å². The Morgan fingerprint density at radius 3 is 2.52 bits per heavy atom. The molecule has 0 bridgehead atoms. The molecule has 2 fully saturated rings. The monoisotopic (exact) mass is 306 g/mol. The Balaban J connectivity index is 1.86. The second kappa shape index (κ2) is 5.26. The standard InChI is InChI=1S/C15H18N2O3S/c16-11-3-1-10(2-4-11)15(5-6-15)14(20)17-7-8-21-9-12(17)13(18)19/h1-4,12H,5-9,16H2,(H,18,19). The van der Waals surface area contributed by atoms with E-state index in [1.165, 1.54) is 0 Å². The summed E-state index contributed by atoms with van der Waals surface area (Å²) in [5.41, 5.74) is 6.79. The maximum Gasteiger partial charge on any atom is 0.327 e. The van der Waals surface area contributed by atoms with Crippen LogP contribution in [-0.4, -0.2) is 46.0 Å². The largest absolute Gasteiger partial charge is 0.480 e. The summed E-state index contributed by atoms with van der Waals surface area (Å²) in [4.78, 5) is 25.8. The molecule has 1 aliphatic heterocycles. The summed E-state index contributed by atoms with van der Waals surface area (Å²) in [6, 6.07) is 6.65. The van der Waals surface area contributed by atoms with Gasteiger partial charge in [-0.3, -0.25) is 4.79 Å². The van der Waals surface area contributed by atoms with Crippen molar-refractivity contribution in [1.82, 2.24) is 4.90 Å². The molecule has 1 amide bonds. The zero-order chi connectivity index (χ0) is 15.0. The minimum Gasteiger partial charge on any atom is -0.480 e. The Bertz CT molecular complexity index is 569. The number of carboxylic acids is 1. The number of nitrogens with zero attached hydrogens (tertiary/aromatic N) is 1. The predicted molar refractivity (Wildman–Crippen MR) is 82.2 cm³/mol. The van der Waals surface area contributed by atoms with Gasteiger partial charge in [-0.2, -0.15) is 11.8 Å². The van der Waals surface area contributed by atoms with Crippen molar-refractivity contribution >= 4 is 29.3 Å². The van der Waals surface area contributed by atoms with E-state index in [1.54, 1.807) is 28.8 Å². The van der Waals surface area contributed by atoms with E-state index >= 15 is 0 Å². The fourth-order valence-electron chi connectivity index (χ4n) is 2.88. The smallest absolute Gasteiger partial charge is 0.327 e. The molecule has 6 heteroatoms. The van der Waals surface area contributed by atoms with Gasteiger partial charge < -0.3 is 15.7 Å². The molecular weight excluding hydrogens is 288 g/mol. The van der Waals surface area contributed by atoms with Crippen molar-refractivity contribution in [2.24, 2.45) is 0 Å². The lowest BCUT2D eigenvalue weighted by Crippen LogP contribution is -2.53. The van der Waals surface area contributed by atoms with Crippen molar-refractivity contribution in [3.8, 4) is 0 Å². The molecule has 5 nitrogen and oxygen atoms in total. The number of carboxylic acid groups (broad SMARTS) is 1. The summed E-state index contributed by atoms with van der Waals surface area (Å²) < 4.78 is 0. The summed E-state index contributed by atoms with van der Waals surface area (Å²) in [5.74, 6) is 0.315. The van der Waals surface area contributed by atoms with E-state index in [0.29, 0.717) is 18.0 Å². The Hall–Kier alpha value is -1.69. The number of nitrogen functional groups attached to an aromatic ring is 1. The van der Waals surface area contributed by atoms with E-state index in [2.05, 4.69) is 0 Å². The highest BCUT2D eigenvalue weighted by molar-refractivity contribution is 7.99. The van der Waals surface area contributed by atoms with Crippen LogP contribution in [0.5, 0.6) is 0 Å². The molecular formula is C15H18N2O3S. The lowest BCUT2D eigenvalue weighted by atomic mass is 9.93. The van der Waals surface area contributed by atoms with Crippen molar-refractivity contribution in [3.63, 3.8) is 0 Å². The molecule has 3 rings (SSSR count). The van der Waals surface area contributed by atoms with Crippen LogP contribution < -0.4 is 5.73 Å². The lowest BCUT2D eigenvalue weighted by molar-refractivity contribution is -0.150. The molecule has 1 aromatic rings. The number of anilines is 1. The molecule has 3 N–H and O–H groups in total. The van der Waals surface area contributed by atoms with E-state index in [0.717, 1.165) is 24.2 Å². The number of hydrogen-bond donors (Lipinski definition) is 2. The molecule has 0 aromatic heterocycles. The third-order valence-corrected chi connectivity index (χ3v) is 5.32. The predicted octanol–water partition coefficient (Wildman–Crippen LogP) is 1.33. The molecule has 2 aliphatic rings. The number of benzene rings is 1. The first kappa shape index (κ1) is 14.3. The van der Waals surface area contributed by atoms with Gasteiger partial charge in [0.05, 0.1) is 5.41 Å². The maximum absolute atomic E-state index is 12.9. The van der Waals surface area contributed by atoms with Gasteiger partial charge in [-0.05, 0) is 30.5 Å². The third-order valence-electron chi connectivity index (χ3n) is 4.30. The molecule has 0 radical (unpaired) electrons. The average Bonchev–Trinajstić information content (AvgIpc) is 3.29. The van der Waals surface area contributed by atoms with Gasteiger partial charge in [-0.15, -0.1) is 0 Å². The highest BCUT2D eigenvalue weighted by atomic mass is 32.2. The zero-order valence-electron chi connectivity index (χ0n) is 11.6. The highest BCUT2D eigenvalue weighted by Crippen LogP contribution is 2.50. The number of aliphatic carboxylic acids is 1. The van der Waals surface area contributed by atoms with Crippen LogP contribution in [0.15, 0.2) is 24.3 Å². The number of thioether (sulfide) groups is 1. The van der Waals surface area contributed by atoms with Crippen LogP contribution in [0.4, 0.5) is 5.69 Å². The highest BCUT2D eigenvalue weighted by Gasteiger charge is 2.54. The molecule has 1 aromatic carbocycles. The SMILES string of the molecule is Nc1ccc(C2(C(=O)N3CCSCC3C(=O)O)CC2)cc1. The van der Waals surface area contributed by atoms with Gasteiger partial charge in [-0.1, -0.05) is 12.1 Å². The fourth-order valence-corrected chi connectivity index (χ4v) is 3.92. The van der Waals surface area contributed by atoms with Crippen LogP contribution in [0, 0.1) is 0 Å². The topological polar surface area (TPSA) is 83.6 Å². The van der Waals surface area contributed by atoms with E-state index < -0.39 is 17.4 Å². The number of amides is 1. The second-order valence-corrected chi connectivity index (χ2v) is 6.78. The minimum absolute atomic E-state index is 0.0417. The van der Waals surface area contributed by atoms with E-state index in [4.69, 9.17) is 5.73 Å². The van der Waals surface area contributed by atoms with Gasteiger partial charge in [0.25, 0.3) is 0 Å². The summed E-state index contributed by atoms with van der Waals surface area (Å²) in [6.45, 7) is 0.511. The van der Waals surface area contributed by atoms with Crippen molar-refractivity contribution in [2.75, 3.05) is 23.8 Å². The molecule has 1 saturated heterocycles. The van der Waals surface area contributed by atoms with Crippen molar-refractivity contribution in [1.29, 1.82) is 0 Å². The van der Waals surface area contributed by atoms with Crippen molar-refractivity contribution < 1.29 is 14.7 Å². The third kappa shape index (κ3) is 2.48. The van der Waals surface area contributed by atoms with Crippen LogP contribution in [0.1, 0.15) is 18.4 Å². The second-order valence-electron chi connectivity index (χ2n) is 5.63. The molecule has 1 aliphatic carbocycles. The summed E-state index contributed by atoms with van der Waals surface area (Å²) in [6.07, 6.45) is 1.57. The number of carbonyl (C=O) groups is 2. The van der Waals surface area contributed by atoms with Crippen molar-refractivity contribution in [3.05, 3.63) is 29.8 Å². The Morgan fingerprint density at radius 2 is 1.95 bits per heavy atom. The molecule has 1 heterocycles. The van der Waals surface area contributed by atoms with Crippen LogP contribution in [0.3, 0.4) is 0 Å². The molecule has 1 unspecified atom stereocenters. The average molecular weight is 306 g/mol. The zero-order valence-corrected chi connectivity index (χ0v) is 12.4. The van der Waals surface area contributed by atoms with E-state index in [9.17, 15) is 14.7 Å². The van der Waals surface area contributed by atoms with Crippen LogP contribution in [0.2, 0.25) is 0 Å². The van der Waals surface area contributed by atoms with Gasteiger partial charge in [0.15, 0.2) is 0 Å². The first-order valence-electron chi connectivity index (χ1n) is 7.02.